The third kappa shape index (κ3) is 1.31. The highest BCUT2D eigenvalue weighted by Gasteiger charge is 2.05. The molecule has 2 nitrogen and oxygen atoms in total. The molecule has 0 radical (unpaired) electrons. The molecule has 2 aromatic heterocycles. The van der Waals surface area contributed by atoms with Crippen LogP contribution in [0.5, 0.6) is 0 Å². The Labute approximate surface area is 82.2 Å². The van der Waals surface area contributed by atoms with Gasteiger partial charge in [0.1, 0.15) is 5.65 Å². The quantitative estimate of drug-likeness (QED) is 0.683. The van der Waals surface area contributed by atoms with Gasteiger partial charge in [-0.25, -0.2) is 4.98 Å². The molecule has 0 aliphatic heterocycles. The van der Waals surface area contributed by atoms with Crippen LogP contribution in [-0.4, -0.2) is 9.38 Å². The Morgan fingerprint density at radius 3 is 2.92 bits per heavy atom. The summed E-state index contributed by atoms with van der Waals surface area (Å²) in [6.45, 7) is 4.17. The molecule has 2 heterocycles. The Morgan fingerprint density at radius 2 is 2.23 bits per heavy atom. The van der Waals surface area contributed by atoms with Crippen LogP contribution in [0.1, 0.15) is 18.3 Å². The molecule has 0 aromatic carbocycles. The third-order valence-corrected chi connectivity index (χ3v) is 2.48. The second kappa shape index (κ2) is 3.04. The Hall–Kier alpha value is -1.02. The van der Waals surface area contributed by atoms with Crippen LogP contribution in [0.15, 0.2) is 18.3 Å². The molecule has 0 amide bonds. The van der Waals surface area contributed by atoms with Gasteiger partial charge >= 0.3 is 0 Å². The van der Waals surface area contributed by atoms with E-state index in [-0.39, 0.29) is 0 Å². The highest BCUT2D eigenvalue weighted by Crippen LogP contribution is 2.15. The Morgan fingerprint density at radius 1 is 1.46 bits per heavy atom. The summed E-state index contributed by atoms with van der Waals surface area (Å²) in [5, 5.41) is 0.746. The summed E-state index contributed by atoms with van der Waals surface area (Å²) < 4.78 is 2.03. The molecule has 2 rings (SSSR count). The number of pyridine rings is 1. The van der Waals surface area contributed by atoms with Crippen molar-refractivity contribution in [2.24, 2.45) is 0 Å². The number of hydrogen-bond donors (Lipinski definition) is 0. The van der Waals surface area contributed by atoms with Crippen molar-refractivity contribution in [3.05, 3.63) is 34.7 Å². The summed E-state index contributed by atoms with van der Waals surface area (Å²) in [5.74, 6) is 0. The fourth-order valence-electron chi connectivity index (χ4n) is 1.52. The van der Waals surface area contributed by atoms with Gasteiger partial charge in [-0.3, -0.25) is 0 Å². The van der Waals surface area contributed by atoms with Crippen molar-refractivity contribution in [3.8, 4) is 0 Å². The van der Waals surface area contributed by atoms with Crippen LogP contribution in [0.4, 0.5) is 0 Å². The van der Waals surface area contributed by atoms with Gasteiger partial charge in [0.25, 0.3) is 0 Å². The van der Waals surface area contributed by atoms with Gasteiger partial charge in [-0.2, -0.15) is 0 Å². The molecule has 68 valence electrons. The van der Waals surface area contributed by atoms with E-state index in [4.69, 9.17) is 11.6 Å². The normalized spacial score (nSPS) is 11.0. The van der Waals surface area contributed by atoms with Crippen LogP contribution in [-0.2, 0) is 6.42 Å². The van der Waals surface area contributed by atoms with E-state index in [2.05, 4.69) is 18.8 Å². The number of aryl methyl sites for hydroxylation is 2. The van der Waals surface area contributed by atoms with E-state index < -0.39 is 0 Å². The lowest BCUT2D eigenvalue weighted by Crippen LogP contribution is -1.87. The van der Waals surface area contributed by atoms with Gasteiger partial charge in [0.2, 0.25) is 0 Å². The molecule has 0 aliphatic rings. The topological polar surface area (TPSA) is 17.3 Å². The third-order valence-electron chi connectivity index (χ3n) is 2.25. The van der Waals surface area contributed by atoms with E-state index in [9.17, 15) is 0 Å². The summed E-state index contributed by atoms with van der Waals surface area (Å²) in [7, 11) is 0. The van der Waals surface area contributed by atoms with E-state index in [1.54, 1.807) is 0 Å². The van der Waals surface area contributed by atoms with Crippen LogP contribution in [0.2, 0.25) is 5.02 Å². The molecule has 0 atom stereocenters. The van der Waals surface area contributed by atoms with Gasteiger partial charge < -0.3 is 4.40 Å². The number of aromatic nitrogens is 2. The number of halogens is 1. The Bertz CT molecular complexity index is 445. The maximum absolute atomic E-state index is 5.89. The predicted molar refractivity (Wildman–Crippen MR) is 54.3 cm³/mol. The summed E-state index contributed by atoms with van der Waals surface area (Å²) in [4.78, 5) is 4.48. The first-order chi connectivity index (χ1) is 6.22. The van der Waals surface area contributed by atoms with E-state index in [1.165, 1.54) is 5.69 Å². The highest BCUT2D eigenvalue weighted by molar-refractivity contribution is 6.30. The minimum atomic E-state index is 0.746. The van der Waals surface area contributed by atoms with Crippen molar-refractivity contribution in [3.63, 3.8) is 0 Å². The number of hydrogen-bond acceptors (Lipinski definition) is 1. The van der Waals surface area contributed by atoms with E-state index in [0.717, 1.165) is 22.8 Å². The minimum Gasteiger partial charge on any atom is -0.303 e. The van der Waals surface area contributed by atoms with Crippen LogP contribution in [0.3, 0.4) is 0 Å². The van der Waals surface area contributed by atoms with E-state index in [0.29, 0.717) is 0 Å². The van der Waals surface area contributed by atoms with Gasteiger partial charge in [0.05, 0.1) is 10.7 Å². The lowest BCUT2D eigenvalue weighted by molar-refractivity contribution is 1.02. The first-order valence-electron chi connectivity index (χ1n) is 4.35. The zero-order chi connectivity index (χ0) is 9.42. The first-order valence-corrected chi connectivity index (χ1v) is 4.73. The fourth-order valence-corrected chi connectivity index (χ4v) is 1.68. The maximum atomic E-state index is 5.89. The molecule has 2 aromatic rings. The van der Waals surface area contributed by atoms with Crippen molar-refractivity contribution >= 4 is 17.2 Å². The number of rotatable bonds is 1. The number of fused-ring (bicyclic) bond motifs is 1. The Balaban J connectivity index is 2.77. The molecular formula is C10H11ClN2. The number of nitrogens with zero attached hydrogens (tertiary/aromatic N) is 2. The van der Waals surface area contributed by atoms with Crippen molar-refractivity contribution in [2.45, 2.75) is 20.3 Å². The molecule has 0 saturated heterocycles. The van der Waals surface area contributed by atoms with Gasteiger partial charge in [0.15, 0.2) is 0 Å². The standard InChI is InChI=1S/C10H11ClN2/c1-3-9-7(2)13-6-8(11)4-5-10(13)12-9/h4-6H,3H2,1-2H3. The molecule has 3 heteroatoms. The maximum Gasteiger partial charge on any atom is 0.137 e. The zero-order valence-electron chi connectivity index (χ0n) is 7.71. The molecular weight excluding hydrogens is 184 g/mol. The monoisotopic (exact) mass is 194 g/mol. The summed E-state index contributed by atoms with van der Waals surface area (Å²) in [6.07, 6.45) is 2.86. The first kappa shape index (κ1) is 8.57. The van der Waals surface area contributed by atoms with Crippen LogP contribution in [0, 0.1) is 6.92 Å². The molecule has 0 spiro atoms. The van der Waals surface area contributed by atoms with Gasteiger partial charge in [-0.15, -0.1) is 0 Å². The smallest absolute Gasteiger partial charge is 0.137 e. The second-order valence-electron chi connectivity index (χ2n) is 3.07. The van der Waals surface area contributed by atoms with Crippen LogP contribution in [0.25, 0.3) is 5.65 Å². The molecule has 0 N–H and O–H groups in total. The summed E-state index contributed by atoms with van der Waals surface area (Å²) in [6, 6.07) is 3.80. The average Bonchev–Trinajstić information content (AvgIpc) is 2.44. The molecule has 0 fully saturated rings. The van der Waals surface area contributed by atoms with Gasteiger partial charge in [0, 0.05) is 11.9 Å². The zero-order valence-corrected chi connectivity index (χ0v) is 8.47. The SMILES string of the molecule is CCc1nc2ccc(Cl)cn2c1C. The molecule has 0 bridgehead atoms. The lowest BCUT2D eigenvalue weighted by Gasteiger charge is -1.96. The molecule has 13 heavy (non-hydrogen) atoms. The summed E-state index contributed by atoms with van der Waals surface area (Å²) in [5.41, 5.74) is 3.29. The number of imidazole rings is 1. The van der Waals surface area contributed by atoms with Crippen molar-refractivity contribution in [2.75, 3.05) is 0 Å². The molecule has 0 saturated carbocycles. The van der Waals surface area contributed by atoms with Crippen molar-refractivity contribution in [1.29, 1.82) is 0 Å². The van der Waals surface area contributed by atoms with Crippen LogP contribution < -0.4 is 0 Å². The van der Waals surface area contributed by atoms with Crippen LogP contribution >= 0.6 is 11.6 Å². The van der Waals surface area contributed by atoms with Gasteiger partial charge in [-0.1, -0.05) is 18.5 Å². The molecule has 0 unspecified atom stereocenters. The Kier molecular flexibility index (Phi) is 2.00. The molecule has 0 aliphatic carbocycles. The summed E-state index contributed by atoms with van der Waals surface area (Å²) >= 11 is 5.89. The van der Waals surface area contributed by atoms with Crippen molar-refractivity contribution in [1.82, 2.24) is 9.38 Å². The lowest BCUT2D eigenvalue weighted by atomic mass is 10.3. The van der Waals surface area contributed by atoms with E-state index >= 15 is 0 Å². The highest BCUT2D eigenvalue weighted by atomic mass is 35.5. The predicted octanol–water partition coefficient (Wildman–Crippen LogP) is 2.86. The minimum absolute atomic E-state index is 0.746. The van der Waals surface area contributed by atoms with E-state index in [1.807, 2.05) is 22.7 Å². The fraction of sp³-hybridized carbons (Fsp3) is 0.300. The second-order valence-corrected chi connectivity index (χ2v) is 3.51. The van der Waals surface area contributed by atoms with Crippen molar-refractivity contribution < 1.29 is 0 Å². The average molecular weight is 195 g/mol. The largest absolute Gasteiger partial charge is 0.303 e. The van der Waals surface area contributed by atoms with Gasteiger partial charge in [-0.05, 0) is 25.5 Å².